The van der Waals surface area contributed by atoms with E-state index in [0.717, 1.165) is 37.7 Å². The van der Waals surface area contributed by atoms with E-state index in [0.29, 0.717) is 5.95 Å². The molecule has 0 unspecified atom stereocenters. The minimum atomic E-state index is 0.677. The third-order valence-electron chi connectivity index (χ3n) is 7.10. The van der Waals surface area contributed by atoms with Gasteiger partial charge in [-0.2, -0.15) is 0 Å². The molecule has 174 valence electrons. The zero-order valence-corrected chi connectivity index (χ0v) is 21.9. The van der Waals surface area contributed by atoms with E-state index >= 15 is 0 Å². The largest absolute Gasteiger partial charge is 0.278 e. The van der Waals surface area contributed by atoms with Crippen molar-refractivity contribution < 1.29 is 0 Å². The summed E-state index contributed by atoms with van der Waals surface area (Å²) in [5.41, 5.74) is 5.20. The van der Waals surface area contributed by atoms with Gasteiger partial charge in [0.1, 0.15) is 0 Å². The van der Waals surface area contributed by atoms with E-state index in [1.807, 2.05) is 17.4 Å². The molecule has 0 saturated heterocycles. The summed E-state index contributed by atoms with van der Waals surface area (Å²) in [5.74, 6) is 0.677. The predicted octanol–water partition coefficient (Wildman–Crippen LogP) is 9.52. The first-order chi connectivity index (χ1) is 18.3. The van der Waals surface area contributed by atoms with Crippen LogP contribution in [0.2, 0.25) is 0 Å². The number of hydrogen-bond acceptors (Lipinski definition) is 3. The van der Waals surface area contributed by atoms with E-state index in [2.05, 4.69) is 124 Å². The molecule has 0 aliphatic carbocycles. The van der Waals surface area contributed by atoms with Crippen LogP contribution in [0.25, 0.3) is 70.1 Å². The molecule has 0 bridgehead atoms. The molecule has 0 aliphatic rings. The molecule has 0 spiro atoms. The maximum atomic E-state index is 5.31. The second-order valence-electron chi connectivity index (χ2n) is 9.16. The van der Waals surface area contributed by atoms with E-state index in [1.54, 1.807) is 0 Å². The molecule has 3 nitrogen and oxygen atoms in total. The van der Waals surface area contributed by atoms with Crippen molar-refractivity contribution in [3.8, 4) is 17.2 Å². The maximum Gasteiger partial charge on any atom is 0.235 e. The Balaban J connectivity index is 1.51. The van der Waals surface area contributed by atoms with Gasteiger partial charge in [-0.1, -0.05) is 94.8 Å². The highest BCUT2D eigenvalue weighted by Crippen LogP contribution is 2.42. The molecule has 0 atom stereocenters. The Morgan fingerprint density at radius 2 is 1.30 bits per heavy atom. The highest BCUT2D eigenvalue weighted by atomic mass is 79.9. The molecule has 3 aromatic heterocycles. The number of fused-ring (bicyclic) bond motifs is 7. The molecule has 0 amide bonds. The van der Waals surface area contributed by atoms with Gasteiger partial charge in [0.2, 0.25) is 5.95 Å². The number of aromatic nitrogens is 3. The van der Waals surface area contributed by atoms with Gasteiger partial charge in [0, 0.05) is 46.4 Å². The summed E-state index contributed by atoms with van der Waals surface area (Å²) in [4.78, 5) is 10.4. The fourth-order valence-corrected chi connectivity index (χ4v) is 7.28. The van der Waals surface area contributed by atoms with Crippen molar-refractivity contribution in [1.82, 2.24) is 14.5 Å². The van der Waals surface area contributed by atoms with Crippen LogP contribution < -0.4 is 0 Å². The molecule has 8 rings (SSSR count). The van der Waals surface area contributed by atoms with Crippen LogP contribution in [0.4, 0.5) is 0 Å². The van der Waals surface area contributed by atoms with Crippen molar-refractivity contribution in [3.63, 3.8) is 0 Å². The van der Waals surface area contributed by atoms with Gasteiger partial charge < -0.3 is 0 Å². The zero-order chi connectivity index (χ0) is 24.5. The Morgan fingerprint density at radius 3 is 2.22 bits per heavy atom. The molecule has 0 radical (unpaired) electrons. The number of benzene rings is 5. The lowest BCUT2D eigenvalue weighted by Crippen LogP contribution is -2.03. The fourth-order valence-electron chi connectivity index (χ4n) is 5.49. The minimum absolute atomic E-state index is 0.677. The molecule has 0 saturated carbocycles. The van der Waals surface area contributed by atoms with Gasteiger partial charge >= 0.3 is 0 Å². The van der Waals surface area contributed by atoms with Crippen LogP contribution in [0.1, 0.15) is 0 Å². The standard InChI is InChI=1S/C32H18BrN3S/c33-24-14-8-17-27-29(24)22-11-2-5-16-26(22)36(27)32-34-25-15-4-1-10-21(25)30(35-32)23-13-7-12-20-19-9-3-6-18-28(19)37-31(20)23/h1-18H. The Bertz CT molecular complexity index is 2170. The first-order valence-corrected chi connectivity index (χ1v) is 13.7. The number of para-hydroxylation sites is 2. The van der Waals surface area contributed by atoms with Crippen molar-refractivity contribution in [2.45, 2.75) is 0 Å². The van der Waals surface area contributed by atoms with E-state index < -0.39 is 0 Å². The first kappa shape index (κ1) is 21.1. The number of nitrogens with zero attached hydrogens (tertiary/aromatic N) is 3. The van der Waals surface area contributed by atoms with Gasteiger partial charge in [0.05, 0.1) is 22.2 Å². The van der Waals surface area contributed by atoms with Crippen LogP contribution in [0.3, 0.4) is 0 Å². The van der Waals surface area contributed by atoms with Crippen LogP contribution in [0.5, 0.6) is 0 Å². The Labute approximate surface area is 224 Å². The van der Waals surface area contributed by atoms with E-state index in [9.17, 15) is 0 Å². The van der Waals surface area contributed by atoms with Crippen LogP contribution >= 0.6 is 27.3 Å². The lowest BCUT2D eigenvalue weighted by atomic mass is 10.0. The molecule has 37 heavy (non-hydrogen) atoms. The van der Waals surface area contributed by atoms with Crippen molar-refractivity contribution >= 4 is 80.1 Å². The van der Waals surface area contributed by atoms with E-state index in [4.69, 9.17) is 9.97 Å². The number of rotatable bonds is 2. The van der Waals surface area contributed by atoms with Gasteiger partial charge in [0.15, 0.2) is 0 Å². The predicted molar refractivity (Wildman–Crippen MR) is 160 cm³/mol. The normalized spacial score (nSPS) is 11.9. The molecule has 0 aliphatic heterocycles. The minimum Gasteiger partial charge on any atom is -0.278 e. The summed E-state index contributed by atoms with van der Waals surface area (Å²) in [6.07, 6.45) is 0. The van der Waals surface area contributed by atoms with E-state index in [1.165, 1.54) is 30.9 Å². The molecular formula is C32H18BrN3S. The summed E-state index contributed by atoms with van der Waals surface area (Å²) in [5, 5.41) is 5.95. The highest BCUT2D eigenvalue weighted by Gasteiger charge is 2.19. The van der Waals surface area contributed by atoms with E-state index in [-0.39, 0.29) is 0 Å². The van der Waals surface area contributed by atoms with Gasteiger partial charge in [-0.3, -0.25) is 4.57 Å². The summed E-state index contributed by atoms with van der Waals surface area (Å²) < 4.78 is 5.80. The highest BCUT2D eigenvalue weighted by molar-refractivity contribution is 9.10. The molecule has 5 heteroatoms. The summed E-state index contributed by atoms with van der Waals surface area (Å²) in [6, 6.07) is 38.3. The average molecular weight is 556 g/mol. The van der Waals surface area contributed by atoms with Crippen molar-refractivity contribution in [3.05, 3.63) is 114 Å². The number of hydrogen-bond donors (Lipinski definition) is 0. The Kier molecular flexibility index (Phi) is 4.54. The molecular weight excluding hydrogens is 538 g/mol. The smallest absolute Gasteiger partial charge is 0.235 e. The zero-order valence-electron chi connectivity index (χ0n) is 19.5. The van der Waals surface area contributed by atoms with Gasteiger partial charge in [-0.15, -0.1) is 11.3 Å². The molecule has 8 aromatic rings. The summed E-state index contributed by atoms with van der Waals surface area (Å²) in [6.45, 7) is 0. The third-order valence-corrected chi connectivity index (χ3v) is 8.98. The van der Waals surface area contributed by atoms with Crippen LogP contribution in [-0.2, 0) is 0 Å². The lowest BCUT2D eigenvalue weighted by Gasteiger charge is -2.12. The fraction of sp³-hybridized carbons (Fsp3) is 0. The average Bonchev–Trinajstić information content (AvgIpc) is 3.49. The van der Waals surface area contributed by atoms with Crippen LogP contribution in [-0.4, -0.2) is 14.5 Å². The van der Waals surface area contributed by atoms with Gasteiger partial charge in [-0.05, 0) is 30.3 Å². The molecule has 0 N–H and O–H groups in total. The third kappa shape index (κ3) is 3.05. The van der Waals surface area contributed by atoms with Crippen LogP contribution in [0.15, 0.2) is 114 Å². The maximum absolute atomic E-state index is 5.31. The van der Waals surface area contributed by atoms with Crippen molar-refractivity contribution in [2.24, 2.45) is 0 Å². The lowest BCUT2D eigenvalue weighted by molar-refractivity contribution is 1.01. The molecule has 5 aromatic carbocycles. The molecule has 3 heterocycles. The summed E-state index contributed by atoms with van der Waals surface area (Å²) in [7, 11) is 0. The Morgan fingerprint density at radius 1 is 0.595 bits per heavy atom. The quantitative estimate of drug-likeness (QED) is 0.212. The number of thiophene rings is 1. The van der Waals surface area contributed by atoms with Gasteiger partial charge in [-0.25, -0.2) is 9.97 Å². The second kappa shape index (κ2) is 7.97. The van der Waals surface area contributed by atoms with Crippen molar-refractivity contribution in [1.29, 1.82) is 0 Å². The number of halogens is 1. The second-order valence-corrected chi connectivity index (χ2v) is 11.1. The van der Waals surface area contributed by atoms with Gasteiger partial charge in [0.25, 0.3) is 0 Å². The first-order valence-electron chi connectivity index (χ1n) is 12.1. The SMILES string of the molecule is Brc1cccc2c1c1ccccc1n2-c1nc(-c2cccc3c2sc2ccccc23)c2ccccc2n1. The Hall–Kier alpha value is -4.06. The summed E-state index contributed by atoms with van der Waals surface area (Å²) >= 11 is 5.61. The molecule has 0 fully saturated rings. The van der Waals surface area contributed by atoms with Crippen LogP contribution in [0, 0.1) is 0 Å². The monoisotopic (exact) mass is 555 g/mol. The topological polar surface area (TPSA) is 30.7 Å². The van der Waals surface area contributed by atoms with Crippen molar-refractivity contribution in [2.75, 3.05) is 0 Å².